The normalized spacial score (nSPS) is 10.5. The molecule has 2 rings (SSSR count). The van der Waals surface area contributed by atoms with Gasteiger partial charge in [0.25, 0.3) is 0 Å². The average molecular weight is 392 g/mol. The van der Waals surface area contributed by atoms with Crippen LogP contribution in [0, 0.1) is 6.92 Å². The average Bonchev–Trinajstić information content (AvgIpc) is 3.07. The fraction of sp³-hybridized carbons (Fsp3) is 0.400. The molecular formula is C20H25NO3S2. The summed E-state index contributed by atoms with van der Waals surface area (Å²) in [7, 11) is 1.38. The van der Waals surface area contributed by atoms with Crippen LogP contribution in [0.25, 0.3) is 0 Å². The molecule has 0 atom stereocenters. The van der Waals surface area contributed by atoms with Crippen LogP contribution >= 0.6 is 23.1 Å². The second kappa shape index (κ2) is 11.0. The van der Waals surface area contributed by atoms with Gasteiger partial charge in [-0.25, -0.2) is 0 Å². The van der Waals surface area contributed by atoms with Gasteiger partial charge in [-0.1, -0.05) is 30.3 Å². The van der Waals surface area contributed by atoms with Gasteiger partial charge in [-0.15, -0.1) is 23.1 Å². The Morgan fingerprint density at radius 2 is 1.92 bits per heavy atom. The van der Waals surface area contributed by atoms with E-state index in [9.17, 15) is 9.59 Å². The van der Waals surface area contributed by atoms with E-state index in [1.807, 2.05) is 23.1 Å². The number of ether oxygens (including phenoxy) is 1. The zero-order valence-electron chi connectivity index (χ0n) is 15.3. The first-order valence-electron chi connectivity index (χ1n) is 8.60. The van der Waals surface area contributed by atoms with Crippen LogP contribution in [0.2, 0.25) is 0 Å². The second-order valence-electron chi connectivity index (χ2n) is 5.94. The lowest BCUT2D eigenvalue weighted by Gasteiger charge is -2.22. The molecule has 1 aromatic heterocycles. The Hall–Kier alpha value is -1.79. The molecule has 1 amide bonds. The van der Waals surface area contributed by atoms with Crippen LogP contribution in [0.5, 0.6) is 0 Å². The molecule has 6 heteroatoms. The summed E-state index contributed by atoms with van der Waals surface area (Å²) in [5.74, 6) is 0.791. The van der Waals surface area contributed by atoms with Gasteiger partial charge in [0.05, 0.1) is 19.4 Å². The van der Waals surface area contributed by atoms with Crippen molar-refractivity contribution in [3.8, 4) is 0 Å². The summed E-state index contributed by atoms with van der Waals surface area (Å²) < 4.78 is 4.62. The van der Waals surface area contributed by atoms with Gasteiger partial charge in [0.15, 0.2) is 0 Å². The molecule has 0 fully saturated rings. The van der Waals surface area contributed by atoms with E-state index in [1.165, 1.54) is 34.2 Å². The zero-order valence-corrected chi connectivity index (χ0v) is 16.9. The highest BCUT2D eigenvalue weighted by Gasteiger charge is 2.15. The quantitative estimate of drug-likeness (QED) is 0.455. The Kier molecular flexibility index (Phi) is 8.71. The molecule has 0 aliphatic carbocycles. The highest BCUT2D eigenvalue weighted by molar-refractivity contribution is 7.99. The zero-order chi connectivity index (χ0) is 18.8. The van der Waals surface area contributed by atoms with Crippen LogP contribution in [-0.4, -0.2) is 41.9 Å². The van der Waals surface area contributed by atoms with Crippen molar-refractivity contribution in [3.05, 3.63) is 57.8 Å². The smallest absolute Gasteiger partial charge is 0.315 e. The lowest BCUT2D eigenvalue weighted by molar-refractivity contribution is -0.137. The lowest BCUT2D eigenvalue weighted by atomic mass is 10.1. The minimum atomic E-state index is -0.252. The molecule has 26 heavy (non-hydrogen) atoms. The number of methoxy groups -OCH3 is 1. The van der Waals surface area contributed by atoms with Gasteiger partial charge in [0.1, 0.15) is 0 Å². The van der Waals surface area contributed by atoms with E-state index in [0.717, 1.165) is 6.42 Å². The molecule has 0 spiro atoms. The molecule has 1 aromatic carbocycles. The largest absolute Gasteiger partial charge is 0.468 e. The molecule has 0 saturated carbocycles. The molecule has 0 radical (unpaired) electrons. The van der Waals surface area contributed by atoms with Gasteiger partial charge in [-0.3, -0.25) is 9.59 Å². The van der Waals surface area contributed by atoms with Gasteiger partial charge in [0, 0.05) is 28.5 Å². The van der Waals surface area contributed by atoms with Gasteiger partial charge in [-0.05, 0) is 31.0 Å². The standard InChI is InChI=1S/C20H25NO3S2/c1-16-8-9-18(26-16)14-21(12-10-17-6-4-3-5-7-17)19(22)11-13-25-15-20(23)24-2/h3-9H,10-15H2,1-2H3. The molecule has 0 aliphatic rings. The van der Waals surface area contributed by atoms with E-state index in [-0.39, 0.29) is 17.6 Å². The monoisotopic (exact) mass is 391 g/mol. The highest BCUT2D eigenvalue weighted by Crippen LogP contribution is 2.18. The molecule has 1 heterocycles. The van der Waals surface area contributed by atoms with Crippen LogP contribution in [0.15, 0.2) is 42.5 Å². The van der Waals surface area contributed by atoms with Crippen molar-refractivity contribution in [1.82, 2.24) is 4.90 Å². The van der Waals surface area contributed by atoms with Gasteiger partial charge < -0.3 is 9.64 Å². The van der Waals surface area contributed by atoms with Crippen molar-refractivity contribution < 1.29 is 14.3 Å². The molecule has 0 bridgehead atoms. The van der Waals surface area contributed by atoms with E-state index >= 15 is 0 Å². The van der Waals surface area contributed by atoms with Gasteiger partial charge >= 0.3 is 5.97 Å². The maximum atomic E-state index is 12.7. The Bertz CT molecular complexity index is 700. The number of amides is 1. The topological polar surface area (TPSA) is 46.6 Å². The number of carbonyl (C=O) groups is 2. The van der Waals surface area contributed by atoms with Gasteiger partial charge in [0.2, 0.25) is 5.91 Å². The summed E-state index contributed by atoms with van der Waals surface area (Å²) in [5.41, 5.74) is 1.23. The van der Waals surface area contributed by atoms with Crippen molar-refractivity contribution in [2.75, 3.05) is 25.2 Å². The molecule has 2 aromatic rings. The van der Waals surface area contributed by atoms with Crippen LogP contribution < -0.4 is 0 Å². The number of benzene rings is 1. The third kappa shape index (κ3) is 7.22. The SMILES string of the molecule is COC(=O)CSCCC(=O)N(CCc1ccccc1)Cc1ccc(C)s1. The number of thioether (sulfide) groups is 1. The molecule has 4 nitrogen and oxygen atoms in total. The molecular weight excluding hydrogens is 366 g/mol. The minimum Gasteiger partial charge on any atom is -0.468 e. The number of hydrogen-bond donors (Lipinski definition) is 0. The van der Waals surface area contributed by atoms with Crippen LogP contribution in [-0.2, 0) is 27.3 Å². The summed E-state index contributed by atoms with van der Waals surface area (Å²) in [6.45, 7) is 3.42. The van der Waals surface area contributed by atoms with Crippen LogP contribution in [0.1, 0.15) is 21.7 Å². The Balaban J connectivity index is 1.90. The molecule has 0 N–H and O–H groups in total. The maximum absolute atomic E-state index is 12.7. The summed E-state index contributed by atoms with van der Waals surface area (Å²) in [6, 6.07) is 14.4. The predicted octanol–water partition coefficient (Wildman–Crippen LogP) is 3.92. The highest BCUT2D eigenvalue weighted by atomic mass is 32.2. The maximum Gasteiger partial charge on any atom is 0.315 e. The summed E-state index contributed by atoms with van der Waals surface area (Å²) >= 11 is 3.17. The third-order valence-corrected chi connectivity index (χ3v) is 5.83. The molecule has 140 valence electrons. The molecule has 0 aliphatic heterocycles. The fourth-order valence-corrected chi connectivity index (χ4v) is 4.14. The summed E-state index contributed by atoms with van der Waals surface area (Å²) in [6.07, 6.45) is 1.27. The fourth-order valence-electron chi connectivity index (χ4n) is 2.49. The van der Waals surface area contributed by atoms with Crippen molar-refractivity contribution >= 4 is 35.0 Å². The van der Waals surface area contributed by atoms with E-state index in [4.69, 9.17) is 0 Å². The third-order valence-electron chi connectivity index (χ3n) is 3.92. The Morgan fingerprint density at radius 1 is 1.15 bits per heavy atom. The first-order valence-corrected chi connectivity index (χ1v) is 10.6. The number of carbonyl (C=O) groups excluding carboxylic acids is 2. The Labute approximate surface area is 163 Å². The van der Waals surface area contributed by atoms with E-state index in [1.54, 1.807) is 11.3 Å². The number of esters is 1. The molecule has 0 saturated heterocycles. The lowest BCUT2D eigenvalue weighted by Crippen LogP contribution is -2.32. The van der Waals surface area contributed by atoms with Crippen molar-refractivity contribution in [2.24, 2.45) is 0 Å². The second-order valence-corrected chi connectivity index (χ2v) is 8.42. The van der Waals surface area contributed by atoms with Gasteiger partial charge in [-0.2, -0.15) is 0 Å². The Morgan fingerprint density at radius 3 is 2.58 bits per heavy atom. The first kappa shape index (κ1) is 20.5. The molecule has 0 unspecified atom stereocenters. The van der Waals surface area contributed by atoms with E-state index in [0.29, 0.717) is 25.3 Å². The number of aryl methyl sites for hydroxylation is 1. The minimum absolute atomic E-state index is 0.129. The van der Waals surface area contributed by atoms with E-state index < -0.39 is 0 Å². The van der Waals surface area contributed by atoms with Crippen LogP contribution in [0.3, 0.4) is 0 Å². The number of thiophene rings is 1. The van der Waals surface area contributed by atoms with Crippen molar-refractivity contribution in [3.63, 3.8) is 0 Å². The van der Waals surface area contributed by atoms with E-state index in [2.05, 4.69) is 35.9 Å². The van der Waals surface area contributed by atoms with Crippen LogP contribution in [0.4, 0.5) is 0 Å². The number of hydrogen-bond acceptors (Lipinski definition) is 5. The van der Waals surface area contributed by atoms with Crippen molar-refractivity contribution in [2.45, 2.75) is 26.3 Å². The number of rotatable bonds is 10. The van der Waals surface area contributed by atoms with Crippen molar-refractivity contribution in [1.29, 1.82) is 0 Å². The number of nitrogens with zero attached hydrogens (tertiary/aromatic N) is 1. The summed E-state index contributed by atoms with van der Waals surface area (Å²) in [5, 5.41) is 0. The summed E-state index contributed by atoms with van der Waals surface area (Å²) in [4.78, 5) is 28.2. The first-order chi connectivity index (χ1) is 12.6. The predicted molar refractivity (Wildman–Crippen MR) is 109 cm³/mol.